The lowest BCUT2D eigenvalue weighted by Crippen LogP contribution is -1.62. The molecule has 1 aromatic rings. The molecule has 0 aromatic heterocycles. The first-order valence-corrected chi connectivity index (χ1v) is 3.40. The molecule has 0 atom stereocenters. The number of phenols is 2. The summed E-state index contributed by atoms with van der Waals surface area (Å²) < 4.78 is 0. The Kier molecular flexibility index (Phi) is 5.47. The molecule has 0 amide bonds. The van der Waals surface area contributed by atoms with Crippen LogP contribution in [0.1, 0.15) is 0 Å². The van der Waals surface area contributed by atoms with Crippen LogP contribution in [0.3, 0.4) is 0 Å². The van der Waals surface area contributed by atoms with Crippen molar-refractivity contribution in [2.75, 3.05) is 6.61 Å². The summed E-state index contributed by atoms with van der Waals surface area (Å²) in [6.45, 7) is 3.31. The summed E-state index contributed by atoms with van der Waals surface area (Å²) >= 11 is 0. The van der Waals surface area contributed by atoms with Crippen molar-refractivity contribution < 1.29 is 15.3 Å². The molecular weight excluding hydrogens is 156 g/mol. The molecule has 0 aliphatic heterocycles. The van der Waals surface area contributed by atoms with Gasteiger partial charge in [-0.3, -0.25) is 0 Å². The van der Waals surface area contributed by atoms with Crippen molar-refractivity contribution >= 4 is 0 Å². The van der Waals surface area contributed by atoms with Crippen LogP contribution in [0.15, 0.2) is 36.9 Å². The fraction of sp³-hybridized carbons (Fsp3) is 0.111. The second kappa shape index (κ2) is 6.24. The lowest BCUT2D eigenvalue weighted by molar-refractivity contribution is 0.343. The quantitative estimate of drug-likeness (QED) is 0.553. The van der Waals surface area contributed by atoms with Gasteiger partial charge in [-0.1, -0.05) is 12.1 Å². The van der Waals surface area contributed by atoms with Crippen LogP contribution in [0.2, 0.25) is 0 Å². The van der Waals surface area contributed by atoms with Crippen molar-refractivity contribution in [3.05, 3.63) is 36.9 Å². The maximum atomic E-state index is 8.65. The molecule has 66 valence electrons. The Morgan fingerprint density at radius 1 is 1.25 bits per heavy atom. The highest BCUT2D eigenvalue weighted by Crippen LogP contribution is 2.14. The fourth-order valence-corrected chi connectivity index (χ4v) is 0.493. The van der Waals surface area contributed by atoms with E-state index in [0.29, 0.717) is 0 Å². The summed E-state index contributed by atoms with van der Waals surface area (Å²) in [5.41, 5.74) is 0. The van der Waals surface area contributed by atoms with Crippen molar-refractivity contribution in [1.82, 2.24) is 0 Å². The highest BCUT2D eigenvalue weighted by molar-refractivity contribution is 5.30. The van der Waals surface area contributed by atoms with E-state index in [1.54, 1.807) is 6.07 Å². The van der Waals surface area contributed by atoms with Crippen LogP contribution in [-0.2, 0) is 0 Å². The molecule has 1 aromatic carbocycles. The summed E-state index contributed by atoms with van der Waals surface area (Å²) in [6, 6.07) is 5.85. The fourth-order valence-electron chi connectivity index (χ4n) is 0.493. The van der Waals surface area contributed by atoms with Crippen molar-refractivity contribution in [2.24, 2.45) is 0 Å². The topological polar surface area (TPSA) is 60.7 Å². The maximum absolute atomic E-state index is 8.65. The van der Waals surface area contributed by atoms with E-state index in [4.69, 9.17) is 15.3 Å². The van der Waals surface area contributed by atoms with E-state index in [1.807, 2.05) is 0 Å². The van der Waals surface area contributed by atoms with Gasteiger partial charge in [-0.05, 0) is 12.1 Å². The zero-order valence-corrected chi connectivity index (χ0v) is 6.64. The third-order valence-electron chi connectivity index (χ3n) is 0.959. The minimum Gasteiger partial charge on any atom is -0.508 e. The molecule has 0 aliphatic rings. The van der Waals surface area contributed by atoms with Gasteiger partial charge in [0.15, 0.2) is 0 Å². The van der Waals surface area contributed by atoms with E-state index in [2.05, 4.69) is 6.58 Å². The zero-order chi connectivity index (χ0) is 9.40. The van der Waals surface area contributed by atoms with E-state index < -0.39 is 0 Å². The predicted molar refractivity (Wildman–Crippen MR) is 47.1 cm³/mol. The van der Waals surface area contributed by atoms with Gasteiger partial charge in [0.25, 0.3) is 0 Å². The molecule has 1 rings (SSSR count). The van der Waals surface area contributed by atoms with Gasteiger partial charge in [0, 0.05) is 6.07 Å². The van der Waals surface area contributed by atoms with Crippen LogP contribution < -0.4 is 0 Å². The smallest absolute Gasteiger partial charge is 0.119 e. The molecule has 3 nitrogen and oxygen atoms in total. The number of hydrogen-bond acceptors (Lipinski definition) is 3. The number of phenolic OH excluding ortho intramolecular Hbond substituents is 2. The van der Waals surface area contributed by atoms with Crippen molar-refractivity contribution in [2.45, 2.75) is 0 Å². The van der Waals surface area contributed by atoms with Crippen molar-refractivity contribution in [1.29, 1.82) is 0 Å². The highest BCUT2D eigenvalue weighted by atomic mass is 16.3. The van der Waals surface area contributed by atoms with Gasteiger partial charge in [-0.15, -0.1) is 6.58 Å². The summed E-state index contributed by atoms with van der Waals surface area (Å²) in [5.74, 6) is 0.176. The predicted octanol–water partition coefficient (Wildman–Crippen LogP) is 1.26. The van der Waals surface area contributed by atoms with Gasteiger partial charge in [0.05, 0.1) is 6.61 Å². The van der Waals surface area contributed by atoms with Gasteiger partial charge in [0.1, 0.15) is 11.5 Å². The minimum absolute atomic E-state index is 0.0833. The van der Waals surface area contributed by atoms with E-state index in [0.717, 1.165) is 0 Å². The first-order chi connectivity index (χ1) is 5.70. The normalized spacial score (nSPS) is 8.08. The largest absolute Gasteiger partial charge is 0.508 e. The molecule has 0 aliphatic carbocycles. The van der Waals surface area contributed by atoms with Crippen LogP contribution in [0.4, 0.5) is 0 Å². The number of benzene rings is 1. The lowest BCUT2D eigenvalue weighted by atomic mass is 10.3. The number of aliphatic hydroxyl groups excluding tert-OH is 1. The average molecular weight is 168 g/mol. The Morgan fingerprint density at radius 2 is 1.67 bits per heavy atom. The molecule has 0 saturated heterocycles. The molecule has 0 spiro atoms. The van der Waals surface area contributed by atoms with Crippen molar-refractivity contribution in [3.8, 4) is 11.5 Å². The Bertz CT molecular complexity index is 216. The molecule has 0 saturated carbocycles. The van der Waals surface area contributed by atoms with Crippen molar-refractivity contribution in [3.63, 3.8) is 0 Å². The maximum Gasteiger partial charge on any atom is 0.119 e. The molecule has 3 heteroatoms. The van der Waals surface area contributed by atoms with E-state index in [9.17, 15) is 0 Å². The lowest BCUT2D eigenvalue weighted by Gasteiger charge is -1.89. The molecule has 0 bridgehead atoms. The van der Waals surface area contributed by atoms with Gasteiger partial charge in [0.2, 0.25) is 0 Å². The van der Waals surface area contributed by atoms with Crippen LogP contribution in [0, 0.1) is 0 Å². The average Bonchev–Trinajstić information content (AvgIpc) is 2.04. The van der Waals surface area contributed by atoms with Gasteiger partial charge in [-0.2, -0.15) is 0 Å². The third-order valence-corrected chi connectivity index (χ3v) is 0.959. The highest BCUT2D eigenvalue weighted by Gasteiger charge is 1.85. The summed E-state index contributed by atoms with van der Waals surface area (Å²) in [6.07, 6.45) is 1.43. The second-order valence-electron chi connectivity index (χ2n) is 1.99. The monoisotopic (exact) mass is 168 g/mol. The molecule has 0 heterocycles. The van der Waals surface area contributed by atoms with Crippen LogP contribution in [0.5, 0.6) is 11.5 Å². The van der Waals surface area contributed by atoms with Crippen LogP contribution >= 0.6 is 0 Å². The standard InChI is InChI=1S/C6H6O2.C3H6O/c7-5-2-1-3-6(8)4-5;1-2-3-4/h1-4,7-8H;2,4H,1,3H2. The van der Waals surface area contributed by atoms with Crippen LogP contribution in [0.25, 0.3) is 0 Å². The number of hydrogen-bond donors (Lipinski definition) is 3. The Hall–Kier alpha value is -1.48. The minimum atomic E-state index is 0.0833. The molecule has 0 fully saturated rings. The Balaban J connectivity index is 0.000000261. The first kappa shape index (κ1) is 10.5. The molecule has 12 heavy (non-hydrogen) atoms. The summed E-state index contributed by atoms with van der Waals surface area (Å²) in [4.78, 5) is 0. The summed E-state index contributed by atoms with van der Waals surface area (Å²) in [7, 11) is 0. The number of rotatable bonds is 1. The van der Waals surface area contributed by atoms with Gasteiger partial charge >= 0.3 is 0 Å². The molecular formula is C9H12O3. The molecule has 3 N–H and O–H groups in total. The van der Waals surface area contributed by atoms with Gasteiger partial charge in [-0.25, -0.2) is 0 Å². The Labute approximate surface area is 71.2 Å². The molecule has 0 unspecified atom stereocenters. The number of aromatic hydroxyl groups is 2. The van der Waals surface area contributed by atoms with E-state index >= 15 is 0 Å². The third kappa shape index (κ3) is 5.32. The van der Waals surface area contributed by atoms with Gasteiger partial charge < -0.3 is 15.3 Å². The number of aliphatic hydroxyl groups is 1. The van der Waals surface area contributed by atoms with E-state index in [1.165, 1.54) is 24.3 Å². The summed E-state index contributed by atoms with van der Waals surface area (Å²) in [5, 5.41) is 25.1. The Morgan fingerprint density at radius 3 is 1.83 bits per heavy atom. The second-order valence-corrected chi connectivity index (χ2v) is 1.99. The molecule has 0 radical (unpaired) electrons. The van der Waals surface area contributed by atoms with E-state index in [-0.39, 0.29) is 18.1 Å². The van der Waals surface area contributed by atoms with Crippen LogP contribution in [-0.4, -0.2) is 21.9 Å². The SMILES string of the molecule is C=CCO.Oc1cccc(O)c1. The first-order valence-electron chi connectivity index (χ1n) is 3.40. The zero-order valence-electron chi connectivity index (χ0n) is 6.64.